The molecule has 0 atom stereocenters. The zero-order chi connectivity index (χ0) is 4.28. The molecule has 0 amide bonds. The number of carboxylic acids is 1. The van der Waals surface area contributed by atoms with Crippen LogP contribution in [0.2, 0.25) is 0 Å². The van der Waals surface area contributed by atoms with Crippen LogP contribution in [0.4, 0.5) is 0 Å². The normalized spacial score (nSPS) is 5.29. The average molecular weight is 121 g/mol. The van der Waals surface area contributed by atoms with Gasteiger partial charge in [0.25, 0.3) is 0 Å². The van der Waals surface area contributed by atoms with Gasteiger partial charge in [0.2, 0.25) is 0 Å². The number of rotatable bonds is 1. The Labute approximate surface area is 87.3 Å². The first-order valence-corrected chi connectivity index (χ1v) is 1.29. The summed E-state index contributed by atoms with van der Waals surface area (Å²) in [6, 6.07) is 0. The van der Waals surface area contributed by atoms with Gasteiger partial charge >= 0.3 is 65.1 Å². The number of carbonyl (C=O) groups is 1. The van der Waals surface area contributed by atoms with Crippen molar-refractivity contribution in [2.24, 2.45) is 0 Å². The van der Waals surface area contributed by atoms with Gasteiger partial charge in [0.15, 0.2) is 0 Å². The molecule has 0 aliphatic rings. The van der Waals surface area contributed by atoms with E-state index in [2.05, 4.69) is 0 Å². The molecule has 4 heteroatoms. The van der Waals surface area contributed by atoms with Gasteiger partial charge in [-0.25, -0.2) is 0 Å². The Morgan fingerprint density at radius 1 is 1.57 bits per heavy atom. The van der Waals surface area contributed by atoms with E-state index in [1.807, 2.05) is 0 Å². The second-order valence-corrected chi connectivity index (χ2v) is 0.627. The molecule has 0 heterocycles. The van der Waals surface area contributed by atoms with Gasteiger partial charge in [-0.3, -0.25) is 4.79 Å². The molecule has 1 radical (unpaired) electrons. The van der Waals surface area contributed by atoms with Crippen LogP contribution in [0.15, 0.2) is 0 Å². The Bertz CT molecular complexity index is 46.2. The third kappa shape index (κ3) is 18.6. The van der Waals surface area contributed by atoms with Crippen LogP contribution < -0.4 is 0 Å². The third-order valence-electron chi connectivity index (χ3n) is 0.247. The van der Waals surface area contributed by atoms with E-state index < -0.39 is 5.97 Å². The van der Waals surface area contributed by atoms with Gasteiger partial charge < -0.3 is 5.11 Å². The average Bonchev–Trinajstić information content (AvgIpc) is 1.38. The molecule has 2 nitrogen and oxygen atoms in total. The maximum atomic E-state index is 9.31. The first-order valence-electron chi connectivity index (χ1n) is 1.29. The SMILES string of the molecule is C[CH]C(=O)O.[NaH].[NaH]. The molecule has 0 unspecified atom stereocenters. The summed E-state index contributed by atoms with van der Waals surface area (Å²) in [6.07, 6.45) is 1.08. The predicted molar refractivity (Wildman–Crippen MR) is 31.9 cm³/mol. The van der Waals surface area contributed by atoms with Gasteiger partial charge in [-0.2, -0.15) is 0 Å². The van der Waals surface area contributed by atoms with Crippen molar-refractivity contribution in [3.63, 3.8) is 0 Å². The molecular formula is C3H7Na2O2. The molecule has 0 fully saturated rings. The van der Waals surface area contributed by atoms with Gasteiger partial charge in [0.1, 0.15) is 0 Å². The quantitative estimate of drug-likeness (QED) is 0.452. The molecule has 0 aromatic carbocycles. The topological polar surface area (TPSA) is 37.3 Å². The van der Waals surface area contributed by atoms with Crippen LogP contribution in [0.25, 0.3) is 0 Å². The number of carboxylic acid groups (broad SMARTS) is 1. The summed E-state index contributed by atoms with van der Waals surface area (Å²) in [5.41, 5.74) is 0. The van der Waals surface area contributed by atoms with Crippen LogP contribution in [0.5, 0.6) is 0 Å². The number of hydrogen-bond acceptors (Lipinski definition) is 1. The fraction of sp³-hybridized carbons (Fsp3) is 0.333. The van der Waals surface area contributed by atoms with Gasteiger partial charge in [-0.1, -0.05) is 6.92 Å². The molecule has 0 aliphatic heterocycles. The molecule has 0 saturated heterocycles. The van der Waals surface area contributed by atoms with Crippen molar-refractivity contribution in [2.75, 3.05) is 0 Å². The molecule has 0 rings (SSSR count). The molecule has 0 aromatic heterocycles. The molecule has 0 aliphatic carbocycles. The fourth-order valence-corrected chi connectivity index (χ4v) is 0. The van der Waals surface area contributed by atoms with E-state index in [-0.39, 0.29) is 59.1 Å². The summed E-state index contributed by atoms with van der Waals surface area (Å²) >= 11 is 0. The number of hydrogen-bond donors (Lipinski definition) is 1. The number of aliphatic carboxylic acids is 1. The molecule has 0 aromatic rings. The minimum atomic E-state index is -0.870. The van der Waals surface area contributed by atoms with Gasteiger partial charge in [0.05, 0.1) is 6.42 Å². The van der Waals surface area contributed by atoms with Gasteiger partial charge in [0, 0.05) is 0 Å². The van der Waals surface area contributed by atoms with E-state index in [1.165, 1.54) is 6.92 Å². The Hall–Kier alpha value is 1.47. The molecule has 0 saturated carbocycles. The van der Waals surface area contributed by atoms with Gasteiger partial charge in [-0.15, -0.1) is 0 Å². The van der Waals surface area contributed by atoms with Crippen molar-refractivity contribution in [1.82, 2.24) is 0 Å². The third-order valence-corrected chi connectivity index (χ3v) is 0.247. The Kier molecular flexibility index (Phi) is 23.6. The summed E-state index contributed by atoms with van der Waals surface area (Å²) in [6.45, 7) is 1.47. The van der Waals surface area contributed by atoms with Crippen LogP contribution in [0.1, 0.15) is 6.92 Å². The molecule has 7 heavy (non-hydrogen) atoms. The second-order valence-electron chi connectivity index (χ2n) is 0.627. The zero-order valence-electron chi connectivity index (χ0n) is 2.93. The summed E-state index contributed by atoms with van der Waals surface area (Å²) < 4.78 is 0. The predicted octanol–water partition coefficient (Wildman–Crippen LogP) is -1.00. The van der Waals surface area contributed by atoms with Crippen molar-refractivity contribution < 1.29 is 9.90 Å². The molecule has 0 bridgehead atoms. The Balaban J connectivity index is -0.0000000800. The Morgan fingerprint density at radius 2 is 1.71 bits per heavy atom. The van der Waals surface area contributed by atoms with Crippen LogP contribution in [-0.2, 0) is 4.79 Å². The van der Waals surface area contributed by atoms with Crippen LogP contribution >= 0.6 is 0 Å². The van der Waals surface area contributed by atoms with Crippen LogP contribution in [-0.4, -0.2) is 70.2 Å². The summed E-state index contributed by atoms with van der Waals surface area (Å²) in [5.74, 6) is -0.870. The molecule has 33 valence electrons. The van der Waals surface area contributed by atoms with E-state index in [0.29, 0.717) is 0 Å². The summed E-state index contributed by atoms with van der Waals surface area (Å²) in [4.78, 5) is 9.31. The van der Waals surface area contributed by atoms with E-state index in [0.717, 1.165) is 6.42 Å². The van der Waals surface area contributed by atoms with Crippen molar-refractivity contribution in [3.8, 4) is 0 Å². The van der Waals surface area contributed by atoms with Crippen molar-refractivity contribution in [2.45, 2.75) is 6.92 Å². The molecule has 1 N–H and O–H groups in total. The van der Waals surface area contributed by atoms with E-state index >= 15 is 0 Å². The van der Waals surface area contributed by atoms with E-state index in [4.69, 9.17) is 5.11 Å². The van der Waals surface area contributed by atoms with Crippen molar-refractivity contribution in [1.29, 1.82) is 0 Å². The first-order chi connectivity index (χ1) is 2.27. The van der Waals surface area contributed by atoms with Gasteiger partial charge in [-0.05, 0) is 0 Å². The van der Waals surface area contributed by atoms with Crippen molar-refractivity contribution >= 4 is 65.1 Å². The zero-order valence-corrected chi connectivity index (χ0v) is 2.93. The van der Waals surface area contributed by atoms with Crippen molar-refractivity contribution in [3.05, 3.63) is 6.42 Å². The summed E-state index contributed by atoms with van der Waals surface area (Å²) in [5, 5.41) is 7.67. The minimum absolute atomic E-state index is 0. The summed E-state index contributed by atoms with van der Waals surface area (Å²) in [7, 11) is 0. The first kappa shape index (κ1) is 15.8. The molecular weight excluding hydrogens is 114 g/mol. The van der Waals surface area contributed by atoms with Crippen LogP contribution in [0, 0.1) is 6.42 Å². The fourth-order valence-electron chi connectivity index (χ4n) is 0. The Morgan fingerprint density at radius 3 is 1.71 bits per heavy atom. The van der Waals surface area contributed by atoms with E-state index in [9.17, 15) is 4.79 Å². The monoisotopic (exact) mass is 121 g/mol. The molecule has 0 spiro atoms. The standard InChI is InChI=1S/C3H5O2.2Na.2H/c1-2-3(4)5;;;;/h2H,1H3,(H,4,5);;;;. The van der Waals surface area contributed by atoms with Crippen LogP contribution in [0.3, 0.4) is 0 Å². The second kappa shape index (κ2) is 10.5. The maximum absolute atomic E-state index is 9.31. The van der Waals surface area contributed by atoms with E-state index in [1.54, 1.807) is 0 Å².